The highest BCUT2D eigenvalue weighted by Gasteiger charge is 2.07. The summed E-state index contributed by atoms with van der Waals surface area (Å²) in [4.78, 5) is 4.88. The molecule has 0 radical (unpaired) electrons. The highest BCUT2D eigenvalue weighted by molar-refractivity contribution is 7.09. The maximum atomic E-state index is 9.25. The lowest BCUT2D eigenvalue weighted by Gasteiger charge is -2.00. The van der Waals surface area contributed by atoms with Crippen molar-refractivity contribution in [3.8, 4) is 0 Å². The smallest absolute Gasteiger partial charge is 0.108 e. The van der Waals surface area contributed by atoms with Gasteiger partial charge in [-0.25, -0.2) is 4.98 Å². The number of aliphatic hydroxyl groups is 1. The van der Waals surface area contributed by atoms with Crippen LogP contribution in [0, 0.1) is 6.92 Å². The number of rotatable bonds is 2. The average molecular weight is 155 g/mol. The summed E-state index contributed by atoms with van der Waals surface area (Å²) in [6.07, 6.45) is 0.952. The Bertz CT molecular complexity index is 231. The third-order valence-electron chi connectivity index (χ3n) is 1.27. The van der Waals surface area contributed by atoms with Gasteiger partial charge in [0.15, 0.2) is 0 Å². The number of aliphatic hydroxyl groups excluding tert-OH is 1. The lowest BCUT2D eigenvalue weighted by Crippen LogP contribution is -1.90. The molecule has 0 spiro atoms. The van der Waals surface area contributed by atoms with Gasteiger partial charge in [0.2, 0.25) is 0 Å². The van der Waals surface area contributed by atoms with Crippen molar-refractivity contribution in [1.29, 1.82) is 0 Å². The zero-order valence-corrected chi connectivity index (χ0v) is 6.56. The quantitative estimate of drug-likeness (QED) is 0.659. The minimum Gasteiger partial charge on any atom is -0.383 e. The third-order valence-corrected chi connectivity index (χ3v) is 2.28. The van der Waals surface area contributed by atoms with E-state index in [1.54, 1.807) is 5.51 Å². The molecule has 10 heavy (non-hydrogen) atoms. The van der Waals surface area contributed by atoms with E-state index < -0.39 is 6.10 Å². The van der Waals surface area contributed by atoms with E-state index in [2.05, 4.69) is 11.6 Å². The Morgan fingerprint density at radius 1 is 1.90 bits per heavy atom. The molecule has 0 aliphatic heterocycles. The Kier molecular flexibility index (Phi) is 2.19. The SMILES string of the molecule is C=CC(O)c1scnc1C. The van der Waals surface area contributed by atoms with E-state index in [1.807, 2.05) is 6.92 Å². The normalized spacial score (nSPS) is 13.0. The zero-order valence-electron chi connectivity index (χ0n) is 5.74. The first-order valence-corrected chi connectivity index (χ1v) is 3.84. The highest BCUT2D eigenvalue weighted by Crippen LogP contribution is 2.21. The fraction of sp³-hybridized carbons (Fsp3) is 0.286. The van der Waals surface area contributed by atoms with E-state index in [-0.39, 0.29) is 0 Å². The van der Waals surface area contributed by atoms with Crippen LogP contribution in [0.2, 0.25) is 0 Å². The summed E-state index contributed by atoms with van der Waals surface area (Å²) in [5.74, 6) is 0. The summed E-state index contributed by atoms with van der Waals surface area (Å²) in [7, 11) is 0. The van der Waals surface area contributed by atoms with Crippen molar-refractivity contribution >= 4 is 11.3 Å². The molecule has 3 heteroatoms. The molecule has 0 aliphatic rings. The van der Waals surface area contributed by atoms with Gasteiger partial charge in [0.25, 0.3) is 0 Å². The molecule has 0 bridgehead atoms. The van der Waals surface area contributed by atoms with Crippen LogP contribution in [0.3, 0.4) is 0 Å². The van der Waals surface area contributed by atoms with E-state index >= 15 is 0 Å². The lowest BCUT2D eigenvalue weighted by atomic mass is 10.2. The average Bonchev–Trinajstić information content (AvgIpc) is 2.34. The molecule has 2 nitrogen and oxygen atoms in total. The number of hydrogen-bond acceptors (Lipinski definition) is 3. The molecule has 0 saturated carbocycles. The van der Waals surface area contributed by atoms with E-state index in [9.17, 15) is 5.11 Å². The number of nitrogens with zero attached hydrogens (tertiary/aromatic N) is 1. The van der Waals surface area contributed by atoms with Crippen molar-refractivity contribution in [2.24, 2.45) is 0 Å². The van der Waals surface area contributed by atoms with Gasteiger partial charge < -0.3 is 5.11 Å². The van der Waals surface area contributed by atoms with Crippen LogP contribution >= 0.6 is 11.3 Å². The van der Waals surface area contributed by atoms with E-state index in [1.165, 1.54) is 17.4 Å². The molecule has 1 heterocycles. The van der Waals surface area contributed by atoms with E-state index in [4.69, 9.17) is 0 Å². The van der Waals surface area contributed by atoms with Crippen LogP contribution in [0.5, 0.6) is 0 Å². The summed E-state index contributed by atoms with van der Waals surface area (Å²) in [6.45, 7) is 5.36. The number of thiazole rings is 1. The maximum Gasteiger partial charge on any atom is 0.108 e. The van der Waals surface area contributed by atoms with Crippen molar-refractivity contribution < 1.29 is 5.11 Å². The Morgan fingerprint density at radius 2 is 2.60 bits per heavy atom. The predicted molar refractivity (Wildman–Crippen MR) is 42.0 cm³/mol. The Morgan fingerprint density at radius 3 is 3.00 bits per heavy atom. The first kappa shape index (κ1) is 7.44. The van der Waals surface area contributed by atoms with Crippen LogP contribution in [0.4, 0.5) is 0 Å². The van der Waals surface area contributed by atoms with Crippen molar-refractivity contribution in [1.82, 2.24) is 4.98 Å². The molecule has 0 aliphatic carbocycles. The van der Waals surface area contributed by atoms with Gasteiger partial charge in [-0.15, -0.1) is 17.9 Å². The predicted octanol–water partition coefficient (Wildman–Crippen LogP) is 1.67. The summed E-state index contributed by atoms with van der Waals surface area (Å²) >= 11 is 1.45. The van der Waals surface area contributed by atoms with Gasteiger partial charge in [0.1, 0.15) is 6.10 Å². The second-order valence-electron chi connectivity index (χ2n) is 1.98. The van der Waals surface area contributed by atoms with Gasteiger partial charge >= 0.3 is 0 Å². The standard InChI is InChI=1S/C7H9NOS/c1-3-6(9)7-5(2)8-4-10-7/h3-4,6,9H,1H2,2H3. The fourth-order valence-corrected chi connectivity index (χ4v) is 1.49. The highest BCUT2D eigenvalue weighted by atomic mass is 32.1. The molecule has 1 aromatic rings. The van der Waals surface area contributed by atoms with Crippen molar-refractivity contribution in [2.75, 3.05) is 0 Å². The summed E-state index contributed by atoms with van der Waals surface area (Å²) in [6, 6.07) is 0. The second-order valence-corrected chi connectivity index (χ2v) is 2.87. The molecule has 0 fully saturated rings. The molecule has 54 valence electrons. The fourth-order valence-electron chi connectivity index (χ4n) is 0.702. The molecule has 1 atom stereocenters. The van der Waals surface area contributed by atoms with Gasteiger partial charge in [-0.2, -0.15) is 0 Å². The summed E-state index contributed by atoms with van der Waals surface area (Å²) in [5, 5.41) is 9.25. The van der Waals surface area contributed by atoms with Gasteiger partial charge in [-0.1, -0.05) is 6.08 Å². The molecule has 1 rings (SSSR count). The topological polar surface area (TPSA) is 33.1 Å². The van der Waals surface area contributed by atoms with Crippen LogP contribution in [-0.2, 0) is 0 Å². The number of aromatic nitrogens is 1. The van der Waals surface area contributed by atoms with Crippen LogP contribution in [0.25, 0.3) is 0 Å². The molecule has 1 unspecified atom stereocenters. The molecule has 0 amide bonds. The van der Waals surface area contributed by atoms with Crippen molar-refractivity contribution in [2.45, 2.75) is 13.0 Å². The lowest BCUT2D eigenvalue weighted by molar-refractivity contribution is 0.232. The van der Waals surface area contributed by atoms with Gasteiger partial charge in [0.05, 0.1) is 16.1 Å². The first-order valence-electron chi connectivity index (χ1n) is 2.96. The third kappa shape index (κ3) is 1.25. The molecule has 1 N–H and O–H groups in total. The molecule has 1 aromatic heterocycles. The van der Waals surface area contributed by atoms with Crippen LogP contribution in [0.15, 0.2) is 18.2 Å². The zero-order chi connectivity index (χ0) is 7.56. The molecular weight excluding hydrogens is 146 g/mol. The van der Waals surface area contributed by atoms with Crippen LogP contribution in [0.1, 0.15) is 16.7 Å². The molecule has 0 saturated heterocycles. The number of aryl methyl sites for hydroxylation is 1. The monoisotopic (exact) mass is 155 g/mol. The van der Waals surface area contributed by atoms with E-state index in [0.717, 1.165) is 10.6 Å². The van der Waals surface area contributed by atoms with Gasteiger partial charge in [-0.3, -0.25) is 0 Å². The second kappa shape index (κ2) is 2.94. The largest absolute Gasteiger partial charge is 0.383 e. The molecular formula is C7H9NOS. The molecule has 0 aromatic carbocycles. The Labute approximate surface area is 63.9 Å². The van der Waals surface area contributed by atoms with Gasteiger partial charge in [-0.05, 0) is 6.92 Å². The minimum absolute atomic E-state index is 0.549. The van der Waals surface area contributed by atoms with E-state index in [0.29, 0.717) is 0 Å². The van der Waals surface area contributed by atoms with Crippen LogP contribution < -0.4 is 0 Å². The van der Waals surface area contributed by atoms with Crippen molar-refractivity contribution in [3.05, 3.63) is 28.7 Å². The Hall–Kier alpha value is -0.670. The van der Waals surface area contributed by atoms with Crippen LogP contribution in [-0.4, -0.2) is 10.1 Å². The maximum absolute atomic E-state index is 9.25. The number of hydrogen-bond donors (Lipinski definition) is 1. The first-order chi connectivity index (χ1) is 4.75. The minimum atomic E-state index is -0.549. The summed E-state index contributed by atoms with van der Waals surface area (Å²) < 4.78 is 0. The summed E-state index contributed by atoms with van der Waals surface area (Å²) in [5.41, 5.74) is 2.61. The Balaban J connectivity index is 2.92. The van der Waals surface area contributed by atoms with Crippen molar-refractivity contribution in [3.63, 3.8) is 0 Å². The van der Waals surface area contributed by atoms with Gasteiger partial charge in [0, 0.05) is 0 Å².